The van der Waals surface area contributed by atoms with E-state index in [0.717, 1.165) is 25.3 Å². The van der Waals surface area contributed by atoms with Crippen LogP contribution in [0, 0.1) is 10.8 Å². The fourth-order valence-corrected chi connectivity index (χ4v) is 7.18. The van der Waals surface area contributed by atoms with Crippen LogP contribution in [0.3, 0.4) is 0 Å². The number of rotatable bonds is 4. The van der Waals surface area contributed by atoms with Gasteiger partial charge in [0.1, 0.15) is 0 Å². The van der Waals surface area contributed by atoms with Crippen molar-refractivity contribution in [3.8, 4) is 0 Å². The standard InChI is InChI=1S/C25H22O8S/c1-30-20(26)14-15(21(27)31-2)17(23(29)33-4)19-13-10-34-9-12(13)18(16(14)22(28)32-3)24-7-5-6-8-25(19,24)11-24/h5-10,18-19H,11H2,1-4H3/b16-14-,17-15-. The Balaban J connectivity index is 2.03. The molecule has 0 radical (unpaired) electrons. The summed E-state index contributed by atoms with van der Waals surface area (Å²) in [5.74, 6) is -4.63. The zero-order valence-corrected chi connectivity index (χ0v) is 19.8. The number of ether oxygens (including phenoxy) is 4. The van der Waals surface area contributed by atoms with Crippen molar-refractivity contribution < 1.29 is 38.1 Å². The van der Waals surface area contributed by atoms with Crippen molar-refractivity contribution in [2.45, 2.75) is 18.3 Å². The van der Waals surface area contributed by atoms with E-state index >= 15 is 0 Å². The number of esters is 4. The molecule has 6 rings (SSSR count). The molecule has 2 bridgehead atoms. The molecule has 8 nitrogen and oxygen atoms in total. The average molecular weight is 483 g/mol. The molecule has 1 fully saturated rings. The number of fused-ring (bicyclic) bond motifs is 1. The topological polar surface area (TPSA) is 105 Å². The van der Waals surface area contributed by atoms with Gasteiger partial charge in [-0.1, -0.05) is 24.3 Å². The fourth-order valence-electron chi connectivity index (χ4n) is 6.27. The van der Waals surface area contributed by atoms with Crippen LogP contribution < -0.4 is 0 Å². The molecule has 5 aliphatic rings. The molecule has 176 valence electrons. The van der Waals surface area contributed by atoms with Gasteiger partial charge in [0.2, 0.25) is 0 Å². The highest BCUT2D eigenvalue weighted by atomic mass is 32.1. The number of hydrogen-bond donors (Lipinski definition) is 0. The molecule has 1 aromatic heterocycles. The van der Waals surface area contributed by atoms with Crippen LogP contribution in [0.15, 0.2) is 57.4 Å². The summed E-state index contributed by atoms with van der Waals surface area (Å²) in [7, 11) is 4.71. The molecule has 1 aromatic rings. The molecule has 1 heterocycles. The largest absolute Gasteiger partial charge is 0.466 e. The number of allylic oxidation sites excluding steroid dienone is 4. The van der Waals surface area contributed by atoms with Crippen molar-refractivity contribution >= 4 is 35.2 Å². The third-order valence-corrected chi connectivity index (χ3v) is 8.34. The quantitative estimate of drug-likeness (QED) is 0.477. The van der Waals surface area contributed by atoms with Gasteiger partial charge in [0.05, 0.1) is 50.7 Å². The minimum absolute atomic E-state index is 0.0317. The van der Waals surface area contributed by atoms with Gasteiger partial charge < -0.3 is 18.9 Å². The SMILES string of the molecule is COC(=O)C1=C(\C(=O)OC)C2c3cscc3C(/C(C(=O)OC)=C\1C(=O)OC)C13C=CC=CC21C3. The highest BCUT2D eigenvalue weighted by Crippen LogP contribution is 2.84. The summed E-state index contributed by atoms with van der Waals surface area (Å²) in [5.41, 5.74) is -0.275. The molecule has 0 aromatic carbocycles. The Morgan fingerprint density at radius 1 is 0.706 bits per heavy atom. The zero-order chi connectivity index (χ0) is 24.4. The van der Waals surface area contributed by atoms with E-state index in [2.05, 4.69) is 0 Å². The van der Waals surface area contributed by atoms with E-state index in [4.69, 9.17) is 18.9 Å². The molecule has 4 atom stereocenters. The molecule has 4 unspecified atom stereocenters. The van der Waals surface area contributed by atoms with Crippen LogP contribution in [0.4, 0.5) is 0 Å². The summed E-state index contributed by atoms with van der Waals surface area (Å²) in [4.78, 5) is 53.3. The molecular weight excluding hydrogens is 460 g/mol. The molecule has 34 heavy (non-hydrogen) atoms. The predicted molar refractivity (Wildman–Crippen MR) is 120 cm³/mol. The van der Waals surface area contributed by atoms with Crippen molar-refractivity contribution in [3.63, 3.8) is 0 Å². The lowest BCUT2D eigenvalue weighted by Crippen LogP contribution is -2.41. The molecule has 0 N–H and O–H groups in total. The first kappa shape index (κ1) is 22.3. The second kappa shape index (κ2) is 7.53. The number of carbonyl (C=O) groups excluding carboxylic acids is 4. The summed E-state index contributed by atoms with van der Waals surface area (Å²) in [6, 6.07) is 0. The van der Waals surface area contributed by atoms with Gasteiger partial charge in [-0.15, -0.1) is 0 Å². The van der Waals surface area contributed by atoms with E-state index < -0.39 is 46.5 Å². The van der Waals surface area contributed by atoms with E-state index in [1.54, 1.807) is 0 Å². The maximum Gasteiger partial charge on any atom is 0.339 e. The molecule has 0 spiro atoms. The number of hydrogen-bond acceptors (Lipinski definition) is 9. The van der Waals surface area contributed by atoms with Crippen LogP contribution >= 0.6 is 11.3 Å². The molecule has 0 saturated heterocycles. The fraction of sp³-hybridized carbons (Fsp3) is 0.360. The van der Waals surface area contributed by atoms with Crippen LogP contribution in [0.25, 0.3) is 0 Å². The first-order valence-electron chi connectivity index (χ1n) is 10.6. The van der Waals surface area contributed by atoms with Crippen LogP contribution in [-0.2, 0) is 38.1 Å². The minimum Gasteiger partial charge on any atom is -0.466 e. The third kappa shape index (κ3) is 2.53. The van der Waals surface area contributed by atoms with Crippen molar-refractivity contribution in [1.82, 2.24) is 0 Å². The summed E-state index contributed by atoms with van der Waals surface area (Å²) < 4.78 is 20.3. The lowest BCUT2D eigenvalue weighted by molar-refractivity contribution is -0.142. The number of thiophene rings is 1. The van der Waals surface area contributed by atoms with Gasteiger partial charge in [-0.2, -0.15) is 11.3 Å². The molecule has 9 heteroatoms. The lowest BCUT2D eigenvalue weighted by atomic mass is 9.57. The Bertz CT molecular complexity index is 1180. The summed E-state index contributed by atoms with van der Waals surface area (Å²) in [5, 5.41) is 3.85. The molecule has 0 amide bonds. The molecule has 1 saturated carbocycles. The van der Waals surface area contributed by atoms with Crippen LogP contribution in [0.1, 0.15) is 29.4 Å². The first-order valence-corrected chi connectivity index (χ1v) is 11.5. The van der Waals surface area contributed by atoms with E-state index in [-0.39, 0.29) is 22.3 Å². The first-order chi connectivity index (χ1) is 16.3. The Kier molecular flexibility index (Phi) is 4.95. The van der Waals surface area contributed by atoms with Gasteiger partial charge >= 0.3 is 23.9 Å². The summed E-state index contributed by atoms with van der Waals surface area (Å²) in [6.07, 6.45) is 8.47. The molecule has 0 aliphatic heterocycles. The molecule has 5 aliphatic carbocycles. The number of carbonyl (C=O) groups is 4. The van der Waals surface area contributed by atoms with Crippen molar-refractivity contribution in [2.75, 3.05) is 28.4 Å². The number of methoxy groups -OCH3 is 4. The van der Waals surface area contributed by atoms with E-state index in [1.807, 2.05) is 35.1 Å². The van der Waals surface area contributed by atoms with Gasteiger partial charge in [-0.25, -0.2) is 19.2 Å². The van der Waals surface area contributed by atoms with Gasteiger partial charge in [0.25, 0.3) is 0 Å². The highest BCUT2D eigenvalue weighted by Gasteiger charge is 2.77. The Labute approximate surface area is 199 Å². The Morgan fingerprint density at radius 2 is 1.09 bits per heavy atom. The zero-order valence-electron chi connectivity index (χ0n) is 19.0. The maximum absolute atomic E-state index is 13.4. The normalized spacial score (nSPS) is 34.1. The highest BCUT2D eigenvalue weighted by molar-refractivity contribution is 7.08. The van der Waals surface area contributed by atoms with Crippen LogP contribution in [0.2, 0.25) is 0 Å². The monoisotopic (exact) mass is 482 g/mol. The molecular formula is C25H22O8S. The van der Waals surface area contributed by atoms with Crippen molar-refractivity contribution in [2.24, 2.45) is 10.8 Å². The summed E-state index contributed by atoms with van der Waals surface area (Å²) in [6.45, 7) is 0. The second-order valence-corrected chi connectivity index (χ2v) is 9.41. The summed E-state index contributed by atoms with van der Waals surface area (Å²) >= 11 is 1.43. The van der Waals surface area contributed by atoms with Crippen LogP contribution in [-0.4, -0.2) is 52.3 Å². The van der Waals surface area contributed by atoms with E-state index in [0.29, 0.717) is 6.42 Å². The van der Waals surface area contributed by atoms with E-state index in [9.17, 15) is 19.2 Å². The Hall–Kier alpha value is -3.46. The van der Waals surface area contributed by atoms with E-state index in [1.165, 1.54) is 25.6 Å². The smallest absolute Gasteiger partial charge is 0.339 e. The minimum atomic E-state index is -0.940. The van der Waals surface area contributed by atoms with Crippen LogP contribution in [0.5, 0.6) is 0 Å². The predicted octanol–water partition coefficient (Wildman–Crippen LogP) is 2.73. The van der Waals surface area contributed by atoms with Crippen molar-refractivity contribution in [1.29, 1.82) is 0 Å². The van der Waals surface area contributed by atoms with Gasteiger partial charge in [0.15, 0.2) is 0 Å². The lowest BCUT2D eigenvalue weighted by Gasteiger charge is -2.44. The Morgan fingerprint density at radius 3 is 1.44 bits per heavy atom. The van der Waals surface area contributed by atoms with Crippen molar-refractivity contribution in [3.05, 3.63) is 68.5 Å². The maximum atomic E-state index is 13.4. The van der Waals surface area contributed by atoms with Gasteiger partial charge in [0, 0.05) is 22.7 Å². The average Bonchev–Trinajstić information content (AvgIpc) is 3.34. The van der Waals surface area contributed by atoms with Gasteiger partial charge in [-0.05, 0) is 28.3 Å². The van der Waals surface area contributed by atoms with Gasteiger partial charge in [-0.3, -0.25) is 0 Å². The second-order valence-electron chi connectivity index (χ2n) is 8.67. The third-order valence-electron chi connectivity index (χ3n) is 7.56.